The predicted octanol–water partition coefficient (Wildman–Crippen LogP) is 16.3. The molecule has 0 aliphatic heterocycles. The topological polar surface area (TPSA) is 108 Å². The third-order valence-electron chi connectivity index (χ3n) is 11.2. The van der Waals surface area contributed by atoms with Crippen LogP contribution >= 0.6 is 7.82 Å². The van der Waals surface area contributed by atoms with Crippen molar-refractivity contribution < 1.29 is 42.1 Å². The van der Waals surface area contributed by atoms with E-state index in [4.69, 9.17) is 18.5 Å². The second-order valence-corrected chi connectivity index (χ2v) is 20.3. The number of hydrogen-bond donors (Lipinski definition) is 1. The van der Waals surface area contributed by atoms with Crippen LogP contribution in [0.15, 0.2) is 85.1 Å². The molecule has 2 atom stereocenters. The maximum atomic E-state index is 12.8. The molecule has 0 radical (unpaired) electrons. The van der Waals surface area contributed by atoms with Crippen LogP contribution in [-0.2, 0) is 32.7 Å². The highest BCUT2D eigenvalue weighted by Crippen LogP contribution is 2.43. The molecule has 10 heteroatoms. The van der Waals surface area contributed by atoms with Gasteiger partial charge >= 0.3 is 19.8 Å². The van der Waals surface area contributed by atoms with Gasteiger partial charge in [0, 0.05) is 12.8 Å². The summed E-state index contributed by atoms with van der Waals surface area (Å²) in [4.78, 5) is 35.6. The highest BCUT2D eigenvalue weighted by molar-refractivity contribution is 7.47. The number of phosphoric ester groups is 1. The molecular weight excluding hydrogens is 858 g/mol. The zero-order valence-corrected chi connectivity index (χ0v) is 44.5. The molecule has 0 saturated heterocycles. The monoisotopic (exact) mass is 959 g/mol. The standard InChI is InChI=1S/C57H100NO8P/c1-6-8-10-12-14-16-18-20-22-24-26-27-28-29-30-31-32-34-36-38-40-42-44-46-48-50-57(60)66-55(54-65-67(61,62)64-52-51-58(3,4)5)53-63-56(59)49-47-45-43-41-39-37-35-33-25-23-21-19-17-15-13-11-9-7-2/h8,10,14,16,20,22-23,25-27,29-30,32,34,55H,6-7,9,11-13,15,17-19,21,24,28,31,33,35-54H2,1-5H3/p+1/b10-8-,16-14-,22-20-,25-23-,27-26-,30-29-,34-32-. The molecule has 386 valence electrons. The van der Waals surface area contributed by atoms with Crippen molar-refractivity contribution in [2.75, 3.05) is 47.5 Å². The number of quaternary nitrogens is 1. The Bertz CT molecular complexity index is 1410. The zero-order chi connectivity index (χ0) is 49.2. The fourth-order valence-corrected chi connectivity index (χ4v) is 7.75. The second kappa shape index (κ2) is 48.2. The Morgan fingerprint density at radius 2 is 0.851 bits per heavy atom. The minimum atomic E-state index is -4.39. The van der Waals surface area contributed by atoms with Gasteiger partial charge in [-0.1, -0.05) is 195 Å². The summed E-state index contributed by atoms with van der Waals surface area (Å²) in [5.74, 6) is -0.822. The Hall–Kier alpha value is -2.81. The molecule has 1 N–H and O–H groups in total. The quantitative estimate of drug-likeness (QED) is 0.0211. The number of hydrogen-bond acceptors (Lipinski definition) is 7. The van der Waals surface area contributed by atoms with Crippen molar-refractivity contribution in [2.45, 2.75) is 219 Å². The summed E-state index contributed by atoms with van der Waals surface area (Å²) in [5.41, 5.74) is 0. The minimum absolute atomic E-state index is 0.0238. The first-order chi connectivity index (χ1) is 32.5. The fraction of sp³-hybridized carbons (Fsp3) is 0.719. The predicted molar refractivity (Wildman–Crippen MR) is 284 cm³/mol. The van der Waals surface area contributed by atoms with E-state index >= 15 is 0 Å². The van der Waals surface area contributed by atoms with E-state index in [1.165, 1.54) is 70.6 Å². The maximum Gasteiger partial charge on any atom is 0.472 e. The number of phosphoric acid groups is 1. The van der Waals surface area contributed by atoms with Gasteiger partial charge in [0.25, 0.3) is 0 Å². The normalized spacial score (nSPS) is 14.1. The first kappa shape index (κ1) is 64.2. The summed E-state index contributed by atoms with van der Waals surface area (Å²) in [6, 6.07) is 0. The first-order valence-corrected chi connectivity index (χ1v) is 28.3. The number of nitrogens with zero attached hydrogens (tertiary/aromatic N) is 1. The second-order valence-electron chi connectivity index (χ2n) is 18.9. The number of carbonyl (C=O) groups excluding carboxylic acids is 2. The Morgan fingerprint density at radius 3 is 1.28 bits per heavy atom. The zero-order valence-electron chi connectivity index (χ0n) is 43.6. The first-order valence-electron chi connectivity index (χ1n) is 26.8. The van der Waals surface area contributed by atoms with Crippen LogP contribution in [0.5, 0.6) is 0 Å². The van der Waals surface area contributed by atoms with Crippen molar-refractivity contribution in [3.63, 3.8) is 0 Å². The van der Waals surface area contributed by atoms with Gasteiger partial charge in [0.1, 0.15) is 19.8 Å². The van der Waals surface area contributed by atoms with Crippen LogP contribution in [0.25, 0.3) is 0 Å². The summed E-state index contributed by atoms with van der Waals surface area (Å²) in [5, 5.41) is 0. The van der Waals surface area contributed by atoms with Crippen molar-refractivity contribution in [2.24, 2.45) is 0 Å². The summed E-state index contributed by atoms with van der Waals surface area (Å²) in [7, 11) is 1.45. The maximum absolute atomic E-state index is 12.8. The molecule has 0 aromatic rings. The molecule has 0 aliphatic rings. The molecule has 67 heavy (non-hydrogen) atoms. The van der Waals surface area contributed by atoms with E-state index in [9.17, 15) is 19.0 Å². The van der Waals surface area contributed by atoms with Crippen molar-refractivity contribution in [1.82, 2.24) is 0 Å². The molecule has 0 aromatic carbocycles. The van der Waals surface area contributed by atoms with Crippen LogP contribution in [0.4, 0.5) is 0 Å². The number of rotatable bonds is 48. The van der Waals surface area contributed by atoms with Gasteiger partial charge in [0.15, 0.2) is 6.10 Å². The Kier molecular flexibility index (Phi) is 46.2. The van der Waals surface area contributed by atoms with Crippen LogP contribution < -0.4 is 0 Å². The van der Waals surface area contributed by atoms with E-state index in [0.29, 0.717) is 17.4 Å². The van der Waals surface area contributed by atoms with Gasteiger partial charge in [-0.2, -0.15) is 0 Å². The highest BCUT2D eigenvalue weighted by Gasteiger charge is 2.27. The van der Waals surface area contributed by atoms with Gasteiger partial charge in [-0.05, 0) is 89.9 Å². The van der Waals surface area contributed by atoms with Gasteiger partial charge in [0.05, 0.1) is 27.7 Å². The molecule has 9 nitrogen and oxygen atoms in total. The van der Waals surface area contributed by atoms with Gasteiger partial charge in [-0.15, -0.1) is 0 Å². The fourth-order valence-electron chi connectivity index (χ4n) is 7.01. The number of carbonyl (C=O) groups is 2. The van der Waals surface area contributed by atoms with Crippen molar-refractivity contribution >= 4 is 19.8 Å². The number of allylic oxidation sites excluding steroid dienone is 14. The number of esters is 2. The molecule has 0 fully saturated rings. The van der Waals surface area contributed by atoms with E-state index in [-0.39, 0.29) is 32.0 Å². The lowest BCUT2D eigenvalue weighted by atomic mass is 10.1. The van der Waals surface area contributed by atoms with E-state index in [2.05, 4.69) is 98.9 Å². The van der Waals surface area contributed by atoms with Crippen LogP contribution in [0, 0.1) is 0 Å². The molecule has 2 unspecified atom stereocenters. The molecule has 0 amide bonds. The Balaban J connectivity index is 4.29. The molecule has 0 heterocycles. The van der Waals surface area contributed by atoms with Crippen LogP contribution in [0.2, 0.25) is 0 Å². The van der Waals surface area contributed by atoms with Crippen molar-refractivity contribution in [3.05, 3.63) is 85.1 Å². The Morgan fingerprint density at radius 1 is 0.478 bits per heavy atom. The lowest BCUT2D eigenvalue weighted by Crippen LogP contribution is -2.37. The average molecular weight is 959 g/mol. The van der Waals surface area contributed by atoms with E-state index in [1.807, 2.05) is 21.1 Å². The molecule has 0 aromatic heterocycles. The summed E-state index contributed by atoms with van der Waals surface area (Å²) < 4.78 is 34.5. The number of ether oxygens (including phenoxy) is 2. The van der Waals surface area contributed by atoms with Crippen LogP contribution in [0.1, 0.15) is 213 Å². The molecule has 0 bridgehead atoms. The van der Waals surface area contributed by atoms with Crippen LogP contribution in [-0.4, -0.2) is 74.9 Å². The van der Waals surface area contributed by atoms with Crippen LogP contribution in [0.3, 0.4) is 0 Å². The van der Waals surface area contributed by atoms with Crippen molar-refractivity contribution in [1.29, 1.82) is 0 Å². The van der Waals surface area contributed by atoms with Gasteiger partial charge in [-0.25, -0.2) is 4.57 Å². The lowest BCUT2D eigenvalue weighted by Gasteiger charge is -2.24. The minimum Gasteiger partial charge on any atom is -0.462 e. The largest absolute Gasteiger partial charge is 0.472 e. The van der Waals surface area contributed by atoms with E-state index in [0.717, 1.165) is 109 Å². The third kappa shape index (κ3) is 52.4. The average Bonchev–Trinajstić information content (AvgIpc) is 3.29. The molecular formula is C57H101NO8P+. The highest BCUT2D eigenvalue weighted by atomic mass is 31.2. The molecule has 0 rings (SSSR count). The van der Waals surface area contributed by atoms with Gasteiger partial charge in [-0.3, -0.25) is 18.6 Å². The van der Waals surface area contributed by atoms with Crippen molar-refractivity contribution in [3.8, 4) is 0 Å². The number of unbranched alkanes of at least 4 members (excludes halogenated alkanes) is 20. The Labute approximate surface area is 411 Å². The van der Waals surface area contributed by atoms with E-state index in [1.54, 1.807) is 0 Å². The summed E-state index contributed by atoms with van der Waals surface area (Å²) >= 11 is 0. The molecule has 0 aliphatic carbocycles. The summed E-state index contributed by atoms with van der Waals surface area (Å²) in [6.07, 6.45) is 63.5. The van der Waals surface area contributed by atoms with Gasteiger partial charge < -0.3 is 18.9 Å². The summed E-state index contributed by atoms with van der Waals surface area (Å²) in [6.45, 7) is 4.29. The molecule has 0 spiro atoms. The third-order valence-corrected chi connectivity index (χ3v) is 12.1. The lowest BCUT2D eigenvalue weighted by molar-refractivity contribution is -0.870. The SMILES string of the molecule is CC/C=C\C/C=C\C/C=C\C/C=C\C/C=C\C/C=C\CCCCCCCCC(=O)OC(COC(=O)CCCCCCCCC/C=C\CCCCCCCCC)COP(=O)(O)OCC[N+](C)(C)C. The molecule has 0 saturated carbocycles. The smallest absolute Gasteiger partial charge is 0.462 e. The van der Waals surface area contributed by atoms with Gasteiger partial charge in [0.2, 0.25) is 0 Å². The number of likely N-dealkylation sites (N-methyl/N-ethyl adjacent to an activating group) is 1. The van der Waals surface area contributed by atoms with E-state index < -0.39 is 26.5 Å².